The number of nitriles is 1. The number of nitrogens with two attached hydrogens (primary N) is 1. The number of likely N-dealkylation sites (N-methyl/N-ethyl adjacent to an activating group) is 3. The number of carbonyl (C=O) groups excluding carboxylic acids is 6. The first-order chi connectivity index (χ1) is 33.4. The second-order valence-corrected chi connectivity index (χ2v) is 21.4. The van der Waals surface area contributed by atoms with Gasteiger partial charge in [-0.15, -0.1) is 0 Å². The van der Waals surface area contributed by atoms with E-state index in [9.17, 15) is 29.1 Å². The number of esters is 1. The maximum absolute atomic E-state index is 15.1. The molecule has 1 heterocycles. The van der Waals surface area contributed by atoms with Gasteiger partial charge < -0.3 is 45.5 Å². The minimum atomic E-state index is -1.60. The number of rotatable bonds is 27. The van der Waals surface area contributed by atoms with Crippen LogP contribution in [0.5, 0.6) is 0 Å². The van der Waals surface area contributed by atoms with Crippen molar-refractivity contribution in [3.8, 4) is 6.07 Å². The number of aliphatic carboxylic acids is 1. The molecule has 1 aliphatic carbocycles. The lowest BCUT2D eigenvalue weighted by molar-refractivity contribution is -0.169. The van der Waals surface area contributed by atoms with Crippen LogP contribution in [0.1, 0.15) is 111 Å². The molecule has 1 aromatic heterocycles. The number of carboxylic acids is 1. The summed E-state index contributed by atoms with van der Waals surface area (Å²) in [5.41, 5.74) is 9.02. The average Bonchev–Trinajstić information content (AvgIpc) is 4.08. The first kappa shape index (κ1) is 57.8. The Bertz CT molecular complexity index is 2380. The molecular formula is C53H75BrN8O9. The number of ether oxygens (including phenoxy) is 1. The summed E-state index contributed by atoms with van der Waals surface area (Å²) < 4.78 is 8.23. The highest BCUT2D eigenvalue weighted by Crippen LogP contribution is 2.33. The molecule has 388 valence electrons. The van der Waals surface area contributed by atoms with Crippen molar-refractivity contribution >= 4 is 68.3 Å². The smallest absolute Gasteiger partial charge is 0.345 e. The second kappa shape index (κ2) is 26.6. The van der Waals surface area contributed by atoms with E-state index in [4.69, 9.17) is 15.7 Å². The van der Waals surface area contributed by atoms with Crippen LogP contribution in [-0.2, 0) is 51.3 Å². The van der Waals surface area contributed by atoms with E-state index in [2.05, 4.69) is 31.1 Å². The molecule has 17 nitrogen and oxygen atoms in total. The molecule has 2 aromatic carbocycles. The largest absolute Gasteiger partial charge is 0.479 e. The molecule has 1 aliphatic rings. The Labute approximate surface area is 427 Å². The Morgan fingerprint density at radius 1 is 0.789 bits per heavy atom. The zero-order valence-electron chi connectivity index (χ0n) is 43.0. The van der Waals surface area contributed by atoms with Crippen LogP contribution in [0.3, 0.4) is 0 Å². The lowest BCUT2D eigenvalue weighted by Crippen LogP contribution is -2.60. The highest BCUT2D eigenvalue weighted by Gasteiger charge is 2.40. The molecule has 7 atom stereocenters. The van der Waals surface area contributed by atoms with Crippen molar-refractivity contribution in [3.63, 3.8) is 0 Å². The predicted octanol–water partition coefficient (Wildman–Crippen LogP) is 6.03. The average molecular weight is 1050 g/mol. The van der Waals surface area contributed by atoms with Gasteiger partial charge >= 0.3 is 11.9 Å². The van der Waals surface area contributed by atoms with E-state index in [1.807, 2.05) is 102 Å². The van der Waals surface area contributed by atoms with Crippen molar-refractivity contribution in [2.75, 3.05) is 21.1 Å². The molecule has 0 bridgehead atoms. The summed E-state index contributed by atoms with van der Waals surface area (Å²) in [5.74, 6) is -5.02. The molecule has 71 heavy (non-hydrogen) atoms. The number of carbonyl (C=O) groups is 7. The number of hydrogen-bond acceptors (Lipinski definition) is 10. The fourth-order valence-electron chi connectivity index (χ4n) is 8.72. The van der Waals surface area contributed by atoms with Crippen molar-refractivity contribution in [2.24, 2.45) is 29.4 Å². The summed E-state index contributed by atoms with van der Waals surface area (Å²) in [7, 11) is 4.42. The molecule has 0 unspecified atom stereocenters. The van der Waals surface area contributed by atoms with E-state index < -0.39 is 77.9 Å². The number of amides is 5. The Morgan fingerprint density at radius 3 is 1.86 bits per heavy atom. The minimum absolute atomic E-state index is 0.00318. The van der Waals surface area contributed by atoms with Gasteiger partial charge in [-0.2, -0.15) is 5.26 Å². The summed E-state index contributed by atoms with van der Waals surface area (Å²) >= 11 is 3.51. The van der Waals surface area contributed by atoms with Gasteiger partial charge in [-0.05, 0) is 85.6 Å². The number of nitrogens with one attached hydrogen (secondary N) is 2. The number of aromatic nitrogens is 1. The van der Waals surface area contributed by atoms with Crippen LogP contribution in [0.2, 0.25) is 0 Å². The molecule has 0 radical (unpaired) electrons. The van der Waals surface area contributed by atoms with Crippen molar-refractivity contribution in [1.29, 1.82) is 5.26 Å². The molecular weight excluding hydrogens is 973 g/mol. The third kappa shape index (κ3) is 16.6. The van der Waals surface area contributed by atoms with E-state index in [1.54, 1.807) is 7.05 Å². The minimum Gasteiger partial charge on any atom is -0.479 e. The van der Waals surface area contributed by atoms with E-state index in [-0.39, 0.29) is 55.8 Å². The first-order valence-corrected chi connectivity index (χ1v) is 25.5. The molecule has 3 aromatic rings. The van der Waals surface area contributed by atoms with Crippen molar-refractivity contribution in [3.05, 3.63) is 70.3 Å². The van der Waals surface area contributed by atoms with E-state index in [0.29, 0.717) is 25.3 Å². The summed E-state index contributed by atoms with van der Waals surface area (Å²) in [6.07, 6.45) is 3.16. The first-order valence-electron chi connectivity index (χ1n) is 24.7. The van der Waals surface area contributed by atoms with Crippen LogP contribution < -0.4 is 16.4 Å². The van der Waals surface area contributed by atoms with Crippen LogP contribution in [-0.4, -0.2) is 129 Å². The number of para-hydroxylation sites is 1. The monoisotopic (exact) mass is 1050 g/mol. The maximum Gasteiger partial charge on any atom is 0.345 e. The van der Waals surface area contributed by atoms with Crippen LogP contribution in [0.4, 0.5) is 0 Å². The molecule has 0 aliphatic heterocycles. The van der Waals surface area contributed by atoms with Crippen LogP contribution in [0, 0.1) is 35.0 Å². The van der Waals surface area contributed by atoms with E-state index in [1.165, 1.54) is 30.8 Å². The van der Waals surface area contributed by atoms with Gasteiger partial charge in [-0.1, -0.05) is 101 Å². The van der Waals surface area contributed by atoms with Gasteiger partial charge in [-0.25, -0.2) is 9.59 Å². The predicted molar refractivity (Wildman–Crippen MR) is 274 cm³/mol. The number of hydrogen-bond donors (Lipinski definition) is 4. The van der Waals surface area contributed by atoms with Gasteiger partial charge in [0.05, 0.1) is 12.1 Å². The third-order valence-corrected chi connectivity index (χ3v) is 13.6. The van der Waals surface area contributed by atoms with Crippen molar-refractivity contribution < 1.29 is 43.4 Å². The second-order valence-electron chi connectivity index (χ2n) is 20.4. The molecule has 0 spiro atoms. The summed E-state index contributed by atoms with van der Waals surface area (Å²) in [6.45, 7) is 13.3. The molecule has 0 saturated heterocycles. The molecule has 4 rings (SSSR count). The maximum atomic E-state index is 15.1. The summed E-state index contributed by atoms with van der Waals surface area (Å²) in [4.78, 5) is 101. The zero-order chi connectivity index (χ0) is 52.9. The van der Waals surface area contributed by atoms with Gasteiger partial charge in [0, 0.05) is 68.5 Å². The number of carboxylic acid groups (broad SMARTS) is 1. The number of fused-ring (bicyclic) bond motifs is 1. The molecule has 1 fully saturated rings. The topological polar surface area (TPSA) is 237 Å². The van der Waals surface area contributed by atoms with Gasteiger partial charge in [-0.3, -0.25) is 24.0 Å². The molecule has 18 heteroatoms. The van der Waals surface area contributed by atoms with Gasteiger partial charge in [0.15, 0.2) is 6.10 Å². The quantitative estimate of drug-likeness (QED) is 0.0643. The Balaban J connectivity index is 1.74. The molecule has 5 amide bonds. The van der Waals surface area contributed by atoms with Crippen LogP contribution in [0.25, 0.3) is 10.9 Å². The third-order valence-electron chi connectivity index (χ3n) is 13.0. The molecule has 5 N–H and O–H groups in total. The van der Waals surface area contributed by atoms with Crippen LogP contribution >= 0.6 is 15.9 Å². The fourth-order valence-corrected chi connectivity index (χ4v) is 8.98. The standard InChI is InChI=1S/C53H75BrN8O9/c1-31(2)24-41(50(66)59(8)34(7)53(70)71-46(52(68)69)16-13-23-55)57-48(64)45(28-37-30-62(43-15-12-11-14-39(37)43)29-36-19-21-38(54)22-20-36)61(10)51(67)42(25-32(3)4)58-47(63)44(26-33(5)6)60(9)49(65)40(56)27-35-17-18-35/h11-12,14-15,19-22,30-35,40-42,44-46H,13,16-18,24-29,56H2,1-10H3,(H,57,64)(H,58,63)(H,68,69)/t34-,40-,41-,42-,44-,45-,46+/m0/s1. The lowest BCUT2D eigenvalue weighted by atomic mass is 9.97. The normalized spacial score (nSPS) is 15.5. The number of nitrogens with zero attached hydrogens (tertiary/aromatic N) is 5. The Kier molecular flexibility index (Phi) is 21.6. The molecule has 1 saturated carbocycles. The van der Waals surface area contributed by atoms with Crippen molar-refractivity contribution in [1.82, 2.24) is 29.9 Å². The van der Waals surface area contributed by atoms with Crippen LogP contribution in [0.15, 0.2) is 59.2 Å². The number of benzene rings is 2. The lowest BCUT2D eigenvalue weighted by Gasteiger charge is -2.35. The highest BCUT2D eigenvalue weighted by atomic mass is 79.9. The van der Waals surface area contributed by atoms with Crippen molar-refractivity contribution in [2.45, 2.75) is 155 Å². The van der Waals surface area contributed by atoms with Gasteiger partial charge in [0.2, 0.25) is 29.5 Å². The van der Waals surface area contributed by atoms with E-state index >= 15 is 9.59 Å². The number of halogens is 1. The zero-order valence-corrected chi connectivity index (χ0v) is 44.6. The van der Waals surface area contributed by atoms with E-state index in [0.717, 1.165) is 44.2 Å². The Morgan fingerprint density at radius 2 is 1.32 bits per heavy atom. The van der Waals surface area contributed by atoms with Gasteiger partial charge in [0.25, 0.3) is 0 Å². The Hall–Kier alpha value is -5.80. The fraction of sp³-hybridized carbons (Fsp3) is 0.585. The highest BCUT2D eigenvalue weighted by molar-refractivity contribution is 9.10. The summed E-state index contributed by atoms with van der Waals surface area (Å²) in [5, 5.41) is 25.3. The van der Waals surface area contributed by atoms with Gasteiger partial charge in [0.1, 0.15) is 30.2 Å². The summed E-state index contributed by atoms with van der Waals surface area (Å²) in [6, 6.07) is 11.0. The SMILES string of the molecule is CC(C)C[C@H](NC(=O)[C@H](Cc1cn(Cc2ccc(Br)cc2)c2ccccc12)N(C)C(=O)[C@H](CC(C)C)NC(=O)[C@H](CC(C)C)N(C)C(=O)[C@@H](N)CC1CC1)C(=O)N(C)[C@@H](C)C(=O)O[C@H](CCC#N)C(=O)O.